The van der Waals surface area contributed by atoms with Crippen LogP contribution in [0.2, 0.25) is 0 Å². The van der Waals surface area contributed by atoms with Gasteiger partial charge in [-0.05, 0) is 75.6 Å². The number of rotatable bonds is 7. The molecule has 0 amide bonds. The van der Waals surface area contributed by atoms with Crippen LogP contribution < -0.4 is 11.1 Å². The molecule has 2 aliphatic rings. The number of benzene rings is 2. The number of fused-ring (bicyclic) bond motifs is 1. The SMILES string of the molecule is Cc1cccc(C(CCNC2CCC(N)CC2)c2cn(C3CCCC3)c3ccccc23)c1. The van der Waals surface area contributed by atoms with Crippen LogP contribution in [0.1, 0.15) is 86.4 Å². The van der Waals surface area contributed by atoms with Gasteiger partial charge in [-0.1, -0.05) is 60.9 Å². The van der Waals surface area contributed by atoms with E-state index in [1.54, 1.807) is 0 Å². The normalized spacial score (nSPS) is 23.1. The van der Waals surface area contributed by atoms with E-state index in [0.717, 1.165) is 25.8 Å². The highest BCUT2D eigenvalue weighted by atomic mass is 15.0. The van der Waals surface area contributed by atoms with E-state index in [0.29, 0.717) is 24.0 Å². The molecule has 1 aromatic heterocycles. The van der Waals surface area contributed by atoms with Gasteiger partial charge < -0.3 is 15.6 Å². The molecule has 3 aromatic rings. The zero-order valence-corrected chi connectivity index (χ0v) is 19.6. The molecule has 2 aromatic carbocycles. The Morgan fingerprint density at radius 1 is 0.969 bits per heavy atom. The van der Waals surface area contributed by atoms with Gasteiger partial charge in [0.1, 0.15) is 0 Å². The Morgan fingerprint density at radius 2 is 1.75 bits per heavy atom. The summed E-state index contributed by atoms with van der Waals surface area (Å²) >= 11 is 0. The van der Waals surface area contributed by atoms with Gasteiger partial charge in [0.2, 0.25) is 0 Å². The van der Waals surface area contributed by atoms with Crippen molar-refractivity contribution in [1.82, 2.24) is 9.88 Å². The minimum absolute atomic E-state index is 0.412. The lowest BCUT2D eigenvalue weighted by Gasteiger charge is -2.28. The van der Waals surface area contributed by atoms with Crippen LogP contribution in [0.25, 0.3) is 10.9 Å². The molecule has 32 heavy (non-hydrogen) atoms. The van der Waals surface area contributed by atoms with Crippen molar-refractivity contribution in [3.05, 3.63) is 71.4 Å². The maximum Gasteiger partial charge on any atom is 0.0485 e. The predicted octanol–water partition coefficient (Wildman–Crippen LogP) is 6.45. The number of hydrogen-bond donors (Lipinski definition) is 2. The Kier molecular flexibility index (Phi) is 6.66. The fourth-order valence-electron chi connectivity index (χ4n) is 6.14. The molecule has 3 nitrogen and oxygen atoms in total. The molecular weight excluding hydrogens is 390 g/mol. The highest BCUT2D eigenvalue weighted by Gasteiger charge is 2.25. The predicted molar refractivity (Wildman–Crippen MR) is 135 cm³/mol. The van der Waals surface area contributed by atoms with Crippen molar-refractivity contribution >= 4 is 10.9 Å². The molecule has 170 valence electrons. The van der Waals surface area contributed by atoms with E-state index in [9.17, 15) is 0 Å². The zero-order valence-electron chi connectivity index (χ0n) is 19.6. The van der Waals surface area contributed by atoms with Crippen LogP contribution >= 0.6 is 0 Å². The average Bonchev–Trinajstić information content (AvgIpc) is 3.46. The van der Waals surface area contributed by atoms with E-state index in [2.05, 4.69) is 71.5 Å². The fraction of sp³-hybridized carbons (Fsp3) is 0.517. The summed E-state index contributed by atoms with van der Waals surface area (Å²) in [7, 11) is 0. The van der Waals surface area contributed by atoms with Gasteiger partial charge in [0.05, 0.1) is 0 Å². The van der Waals surface area contributed by atoms with Crippen molar-refractivity contribution in [2.24, 2.45) is 5.73 Å². The van der Waals surface area contributed by atoms with Crippen molar-refractivity contribution in [2.45, 2.75) is 88.8 Å². The molecule has 0 radical (unpaired) electrons. The second-order valence-corrected chi connectivity index (χ2v) is 10.3. The monoisotopic (exact) mass is 429 g/mol. The summed E-state index contributed by atoms with van der Waals surface area (Å²) in [5, 5.41) is 5.31. The van der Waals surface area contributed by atoms with Crippen LogP contribution in [0.15, 0.2) is 54.7 Å². The number of aryl methyl sites for hydroxylation is 1. The highest BCUT2D eigenvalue weighted by molar-refractivity contribution is 5.85. The molecule has 3 heteroatoms. The minimum atomic E-state index is 0.412. The molecule has 1 unspecified atom stereocenters. The summed E-state index contributed by atoms with van der Waals surface area (Å²) < 4.78 is 2.61. The molecule has 3 N–H and O–H groups in total. The van der Waals surface area contributed by atoms with E-state index < -0.39 is 0 Å². The smallest absolute Gasteiger partial charge is 0.0485 e. The van der Waals surface area contributed by atoms with Crippen molar-refractivity contribution in [2.75, 3.05) is 6.54 Å². The minimum Gasteiger partial charge on any atom is -0.344 e. The van der Waals surface area contributed by atoms with Crippen LogP contribution in [-0.4, -0.2) is 23.2 Å². The zero-order chi connectivity index (χ0) is 21.9. The molecule has 0 aliphatic heterocycles. The Bertz CT molecular complexity index is 1020. The van der Waals surface area contributed by atoms with Gasteiger partial charge >= 0.3 is 0 Å². The number of para-hydroxylation sites is 1. The summed E-state index contributed by atoms with van der Waals surface area (Å²) in [5.41, 5.74) is 11.8. The van der Waals surface area contributed by atoms with E-state index in [1.165, 1.54) is 66.1 Å². The Hall–Kier alpha value is -2.10. The lowest BCUT2D eigenvalue weighted by molar-refractivity contribution is 0.340. The van der Waals surface area contributed by atoms with Gasteiger partial charge in [-0.25, -0.2) is 0 Å². The number of aromatic nitrogens is 1. The second kappa shape index (κ2) is 9.80. The maximum absolute atomic E-state index is 6.12. The molecule has 0 bridgehead atoms. The van der Waals surface area contributed by atoms with Gasteiger partial charge in [-0.3, -0.25) is 0 Å². The van der Waals surface area contributed by atoms with Crippen LogP contribution in [0.5, 0.6) is 0 Å². The fourth-order valence-corrected chi connectivity index (χ4v) is 6.14. The maximum atomic E-state index is 6.12. The van der Waals surface area contributed by atoms with E-state index in [-0.39, 0.29) is 0 Å². The molecule has 2 saturated carbocycles. The number of nitrogens with zero attached hydrogens (tertiary/aromatic N) is 1. The molecule has 0 spiro atoms. The lowest BCUT2D eigenvalue weighted by atomic mass is 9.87. The van der Waals surface area contributed by atoms with E-state index in [4.69, 9.17) is 5.73 Å². The quantitative estimate of drug-likeness (QED) is 0.453. The molecular formula is C29H39N3. The van der Waals surface area contributed by atoms with Gasteiger partial charge in [0, 0.05) is 41.1 Å². The molecule has 1 atom stereocenters. The summed E-state index contributed by atoms with van der Waals surface area (Å²) in [6.45, 7) is 3.27. The Labute approximate surface area is 193 Å². The highest BCUT2D eigenvalue weighted by Crippen LogP contribution is 2.39. The first-order valence-corrected chi connectivity index (χ1v) is 12.8. The third-order valence-corrected chi connectivity index (χ3v) is 7.95. The summed E-state index contributed by atoms with van der Waals surface area (Å²) in [6, 6.07) is 20.0. The van der Waals surface area contributed by atoms with Gasteiger partial charge in [0.15, 0.2) is 0 Å². The average molecular weight is 430 g/mol. The first-order valence-electron chi connectivity index (χ1n) is 12.8. The van der Waals surface area contributed by atoms with E-state index >= 15 is 0 Å². The molecule has 2 aliphatic carbocycles. The van der Waals surface area contributed by atoms with Crippen molar-refractivity contribution < 1.29 is 0 Å². The topological polar surface area (TPSA) is 43.0 Å². The summed E-state index contributed by atoms with van der Waals surface area (Å²) in [5.74, 6) is 0.417. The second-order valence-electron chi connectivity index (χ2n) is 10.3. The van der Waals surface area contributed by atoms with Crippen LogP contribution in [0.4, 0.5) is 0 Å². The molecule has 0 saturated heterocycles. The molecule has 5 rings (SSSR count). The van der Waals surface area contributed by atoms with Crippen LogP contribution in [-0.2, 0) is 0 Å². The van der Waals surface area contributed by atoms with Crippen molar-refractivity contribution in [3.63, 3.8) is 0 Å². The third-order valence-electron chi connectivity index (χ3n) is 7.95. The molecule has 2 fully saturated rings. The van der Waals surface area contributed by atoms with Crippen LogP contribution in [0.3, 0.4) is 0 Å². The van der Waals surface area contributed by atoms with Gasteiger partial charge in [-0.15, -0.1) is 0 Å². The van der Waals surface area contributed by atoms with Crippen molar-refractivity contribution in [1.29, 1.82) is 0 Å². The first kappa shape index (κ1) is 21.7. The largest absolute Gasteiger partial charge is 0.344 e. The van der Waals surface area contributed by atoms with Gasteiger partial charge in [0.25, 0.3) is 0 Å². The number of nitrogens with two attached hydrogens (primary N) is 1. The summed E-state index contributed by atoms with van der Waals surface area (Å²) in [6.07, 6.45) is 13.8. The number of nitrogens with one attached hydrogen (secondary N) is 1. The van der Waals surface area contributed by atoms with Crippen molar-refractivity contribution in [3.8, 4) is 0 Å². The Balaban J connectivity index is 1.44. The Morgan fingerprint density at radius 3 is 2.53 bits per heavy atom. The molecule has 1 heterocycles. The number of hydrogen-bond acceptors (Lipinski definition) is 2. The lowest BCUT2D eigenvalue weighted by Crippen LogP contribution is -2.38. The van der Waals surface area contributed by atoms with Crippen LogP contribution in [0, 0.1) is 6.92 Å². The van der Waals surface area contributed by atoms with E-state index in [1.807, 2.05) is 0 Å². The summed E-state index contributed by atoms with van der Waals surface area (Å²) in [4.78, 5) is 0. The standard InChI is InChI=1S/C29H39N3/c1-21-7-6-8-22(19-21)26(17-18-31-24-15-13-23(30)14-16-24)28-20-32(25-9-2-3-10-25)29-12-5-4-11-27(28)29/h4-8,11-12,19-20,23-26,31H,2-3,9-10,13-18,30H2,1H3. The first-order chi connectivity index (χ1) is 15.7. The van der Waals surface area contributed by atoms with Gasteiger partial charge in [-0.2, -0.15) is 0 Å². The third kappa shape index (κ3) is 4.65.